The lowest BCUT2D eigenvalue weighted by molar-refractivity contribution is -0.338. The number of ketones is 1. The largest absolute Gasteiger partial charge is 0.454 e. The minimum Gasteiger partial charge on any atom is -0.454 e. The lowest BCUT2D eigenvalue weighted by Gasteiger charge is -2.67. The van der Waals surface area contributed by atoms with Crippen molar-refractivity contribution in [2.75, 3.05) is 6.61 Å². The van der Waals surface area contributed by atoms with E-state index in [1.54, 1.807) is 34.6 Å². The van der Waals surface area contributed by atoms with Crippen molar-refractivity contribution in [2.24, 2.45) is 22.7 Å². The molecule has 1 aliphatic heterocycles. The molecule has 4 aliphatic rings. The molecule has 0 aromatic rings. The van der Waals surface area contributed by atoms with Crippen LogP contribution >= 0.6 is 0 Å². The summed E-state index contributed by atoms with van der Waals surface area (Å²) in [6.07, 6.45) is -4.34. The lowest BCUT2D eigenvalue weighted by Crippen LogP contribution is -2.79. The van der Waals surface area contributed by atoms with Crippen molar-refractivity contribution < 1.29 is 39.5 Å². The van der Waals surface area contributed by atoms with Crippen LogP contribution in [-0.2, 0) is 19.1 Å². The number of ether oxygens (including phenoxy) is 2. The number of aliphatic hydroxyl groups excluding tert-OH is 3. The van der Waals surface area contributed by atoms with E-state index in [1.807, 2.05) is 0 Å². The van der Waals surface area contributed by atoms with Crippen LogP contribution in [0.4, 0.5) is 0 Å². The summed E-state index contributed by atoms with van der Waals surface area (Å²) in [5.41, 5.74) is -4.53. The van der Waals surface area contributed by atoms with Crippen LogP contribution in [0.5, 0.6) is 0 Å². The van der Waals surface area contributed by atoms with E-state index in [-0.39, 0.29) is 19.4 Å². The molecule has 0 amide bonds. The predicted octanol–water partition coefficient (Wildman–Crippen LogP) is 0.492. The molecule has 0 spiro atoms. The summed E-state index contributed by atoms with van der Waals surface area (Å²) >= 11 is 0. The number of carbonyl (C=O) groups excluding carboxylic acids is 2. The quantitative estimate of drug-likeness (QED) is 0.343. The van der Waals surface area contributed by atoms with Crippen LogP contribution in [0.15, 0.2) is 11.1 Å². The number of rotatable bonds is 1. The second-order valence-corrected chi connectivity index (χ2v) is 10.8. The van der Waals surface area contributed by atoms with Crippen LogP contribution in [0, 0.1) is 22.7 Å². The third kappa shape index (κ3) is 2.54. The van der Waals surface area contributed by atoms with E-state index < -0.39 is 70.0 Å². The number of hydrogen-bond acceptors (Lipinski definition) is 8. The van der Waals surface area contributed by atoms with Crippen LogP contribution in [0.25, 0.3) is 0 Å². The van der Waals surface area contributed by atoms with Gasteiger partial charge >= 0.3 is 5.97 Å². The fraction of sp³-hybridized carbons (Fsp3) is 0.826. The summed E-state index contributed by atoms with van der Waals surface area (Å²) in [4.78, 5) is 26.0. The Bertz CT molecular complexity index is 864. The molecule has 1 saturated heterocycles. The van der Waals surface area contributed by atoms with Gasteiger partial charge in [-0.3, -0.25) is 9.59 Å². The standard InChI is InChI=1S/C23H34O8/c1-10-13(25)8-23(29)11(2)18-21(6,19(28)17(27)16(10)20(23,4)5)14(26)7-15-22(18,9-30-15)31-12(3)24/h11,13-15,17-18,25-27,29H,7-9H2,1-6H3/t11-,13?,14?,15?,17?,18?,21+,22?,23?/m0/s1. The van der Waals surface area contributed by atoms with E-state index in [0.717, 1.165) is 0 Å². The molecule has 0 aromatic carbocycles. The van der Waals surface area contributed by atoms with Crippen molar-refractivity contribution in [3.05, 3.63) is 11.1 Å². The zero-order valence-electron chi connectivity index (χ0n) is 19.0. The molecule has 1 heterocycles. The maximum atomic E-state index is 13.9. The molecule has 8 heteroatoms. The van der Waals surface area contributed by atoms with E-state index >= 15 is 0 Å². The first-order valence-electron chi connectivity index (χ1n) is 11.0. The number of carbonyl (C=O) groups is 2. The summed E-state index contributed by atoms with van der Waals surface area (Å²) in [5, 5.41) is 45.4. The van der Waals surface area contributed by atoms with Gasteiger partial charge in [-0.1, -0.05) is 20.8 Å². The molecule has 4 N–H and O–H groups in total. The van der Waals surface area contributed by atoms with Crippen molar-refractivity contribution in [2.45, 2.75) is 90.0 Å². The second kappa shape index (κ2) is 6.60. The minimum absolute atomic E-state index is 0.00175. The predicted molar refractivity (Wildman–Crippen MR) is 109 cm³/mol. The Morgan fingerprint density at radius 2 is 1.81 bits per heavy atom. The molecule has 2 bridgehead atoms. The van der Waals surface area contributed by atoms with Crippen molar-refractivity contribution in [3.63, 3.8) is 0 Å². The van der Waals surface area contributed by atoms with Crippen molar-refractivity contribution >= 4 is 11.8 Å². The maximum Gasteiger partial charge on any atom is 0.303 e. The summed E-state index contributed by atoms with van der Waals surface area (Å²) in [5.74, 6) is -2.64. The summed E-state index contributed by atoms with van der Waals surface area (Å²) in [6, 6.07) is 0. The molecule has 7 unspecified atom stereocenters. The van der Waals surface area contributed by atoms with Crippen LogP contribution in [0.3, 0.4) is 0 Å². The molecule has 31 heavy (non-hydrogen) atoms. The monoisotopic (exact) mass is 438 g/mol. The van der Waals surface area contributed by atoms with Gasteiger partial charge in [0.1, 0.15) is 12.2 Å². The highest BCUT2D eigenvalue weighted by atomic mass is 16.6. The lowest BCUT2D eigenvalue weighted by atomic mass is 9.42. The van der Waals surface area contributed by atoms with Gasteiger partial charge in [0.05, 0.1) is 29.8 Å². The van der Waals surface area contributed by atoms with E-state index in [9.17, 15) is 30.0 Å². The third-order valence-corrected chi connectivity index (χ3v) is 9.18. The zero-order valence-corrected chi connectivity index (χ0v) is 19.0. The number of aliphatic hydroxyl groups is 4. The minimum atomic E-state index is -1.61. The molecule has 0 radical (unpaired) electrons. The molecule has 174 valence electrons. The van der Waals surface area contributed by atoms with E-state index in [2.05, 4.69) is 0 Å². The van der Waals surface area contributed by atoms with Gasteiger partial charge in [0.15, 0.2) is 11.4 Å². The number of Topliss-reactive ketones (excluding diaryl/α,β-unsaturated/α-hetero) is 1. The van der Waals surface area contributed by atoms with Crippen LogP contribution in [-0.4, -0.2) is 74.4 Å². The molecular formula is C23H34O8. The van der Waals surface area contributed by atoms with Crippen LogP contribution in [0.2, 0.25) is 0 Å². The Labute approximate surface area is 182 Å². The van der Waals surface area contributed by atoms with E-state index in [0.29, 0.717) is 11.1 Å². The fourth-order valence-electron chi connectivity index (χ4n) is 7.39. The Hall–Kier alpha value is -1.32. The Kier molecular flexibility index (Phi) is 4.87. The average molecular weight is 439 g/mol. The molecular weight excluding hydrogens is 404 g/mol. The zero-order chi connectivity index (χ0) is 23.3. The highest BCUT2D eigenvalue weighted by molar-refractivity contribution is 5.93. The fourth-order valence-corrected chi connectivity index (χ4v) is 7.39. The Balaban J connectivity index is 2.02. The van der Waals surface area contributed by atoms with Gasteiger partial charge < -0.3 is 29.9 Å². The third-order valence-electron chi connectivity index (χ3n) is 9.18. The number of fused-ring (bicyclic) bond motifs is 5. The topological polar surface area (TPSA) is 134 Å². The number of esters is 1. The first-order chi connectivity index (χ1) is 14.2. The normalized spacial score (nSPS) is 51.1. The van der Waals surface area contributed by atoms with Crippen LogP contribution < -0.4 is 0 Å². The SMILES string of the molecule is CC(=O)OC12COC1CC(O)[C@@]1(C)C(=O)C(O)C3=C(C)C(O)CC(O)([C@@H](C)C21)C3(C)C. The second-order valence-electron chi connectivity index (χ2n) is 10.8. The van der Waals surface area contributed by atoms with Crippen LogP contribution in [0.1, 0.15) is 54.4 Å². The molecule has 4 rings (SSSR count). The molecule has 9 atom stereocenters. The Morgan fingerprint density at radius 1 is 1.19 bits per heavy atom. The van der Waals surface area contributed by atoms with Crippen molar-refractivity contribution in [1.82, 2.24) is 0 Å². The summed E-state index contributed by atoms with van der Waals surface area (Å²) < 4.78 is 11.5. The Morgan fingerprint density at radius 3 is 2.32 bits per heavy atom. The van der Waals surface area contributed by atoms with Crippen molar-refractivity contribution in [1.29, 1.82) is 0 Å². The van der Waals surface area contributed by atoms with Gasteiger partial charge in [0, 0.05) is 31.1 Å². The van der Waals surface area contributed by atoms with Gasteiger partial charge in [-0.25, -0.2) is 0 Å². The highest BCUT2D eigenvalue weighted by Gasteiger charge is 2.75. The van der Waals surface area contributed by atoms with Gasteiger partial charge in [-0.05, 0) is 30.9 Å². The first-order valence-corrected chi connectivity index (χ1v) is 11.0. The average Bonchev–Trinajstić information content (AvgIpc) is 2.65. The van der Waals surface area contributed by atoms with Gasteiger partial charge in [-0.2, -0.15) is 0 Å². The maximum absolute atomic E-state index is 13.9. The highest BCUT2D eigenvalue weighted by Crippen LogP contribution is 2.65. The molecule has 3 fully saturated rings. The van der Waals surface area contributed by atoms with Gasteiger partial charge in [-0.15, -0.1) is 0 Å². The molecule has 2 saturated carbocycles. The summed E-state index contributed by atoms with van der Waals surface area (Å²) in [6.45, 7) is 9.88. The van der Waals surface area contributed by atoms with Crippen molar-refractivity contribution in [3.8, 4) is 0 Å². The van der Waals surface area contributed by atoms with E-state index in [4.69, 9.17) is 9.47 Å². The molecule has 8 nitrogen and oxygen atoms in total. The molecule has 3 aliphatic carbocycles. The van der Waals surface area contributed by atoms with Gasteiger partial charge in [0.25, 0.3) is 0 Å². The first kappa shape index (κ1) is 22.9. The van der Waals surface area contributed by atoms with E-state index in [1.165, 1.54) is 6.92 Å². The molecule has 0 aromatic heterocycles. The summed E-state index contributed by atoms with van der Waals surface area (Å²) in [7, 11) is 0. The smallest absolute Gasteiger partial charge is 0.303 e. The van der Waals surface area contributed by atoms with Gasteiger partial charge in [0.2, 0.25) is 0 Å². The number of hydrogen-bond donors (Lipinski definition) is 4.